The van der Waals surface area contributed by atoms with Crippen molar-refractivity contribution in [1.29, 1.82) is 0 Å². The summed E-state index contributed by atoms with van der Waals surface area (Å²) in [5.74, 6) is -0.467. The van der Waals surface area contributed by atoms with Crippen molar-refractivity contribution in [1.82, 2.24) is 4.98 Å². The number of hydrogen-bond donors (Lipinski definition) is 1. The van der Waals surface area contributed by atoms with Crippen LogP contribution in [0.3, 0.4) is 0 Å². The lowest BCUT2D eigenvalue weighted by Gasteiger charge is -2.06. The number of amides is 1. The summed E-state index contributed by atoms with van der Waals surface area (Å²) in [7, 11) is 0. The molecule has 3 aromatic rings. The second-order valence-corrected chi connectivity index (χ2v) is 5.27. The van der Waals surface area contributed by atoms with Gasteiger partial charge in [0, 0.05) is 18.2 Å². The zero-order valence-electron chi connectivity index (χ0n) is 13.6. The third kappa shape index (κ3) is 4.11. The number of carbonyl (C=O) groups is 2. The van der Waals surface area contributed by atoms with Gasteiger partial charge in [-0.25, -0.2) is 9.78 Å². The van der Waals surface area contributed by atoms with Gasteiger partial charge in [-0.2, -0.15) is 0 Å². The monoisotopic (exact) mass is 336 g/mol. The number of esters is 1. The van der Waals surface area contributed by atoms with Gasteiger partial charge >= 0.3 is 5.97 Å². The summed E-state index contributed by atoms with van der Waals surface area (Å²) in [5, 5.41) is 2.64. The Balaban J connectivity index is 1.67. The first-order valence-electron chi connectivity index (χ1n) is 7.68. The number of hydrogen-bond acceptors (Lipinski definition) is 5. The van der Waals surface area contributed by atoms with Gasteiger partial charge in [0.25, 0.3) is 5.91 Å². The molecule has 126 valence electrons. The number of benzene rings is 2. The van der Waals surface area contributed by atoms with Gasteiger partial charge in [0.1, 0.15) is 0 Å². The second kappa shape index (κ2) is 7.44. The topological polar surface area (TPSA) is 81.4 Å². The van der Waals surface area contributed by atoms with Crippen molar-refractivity contribution in [3.8, 4) is 11.3 Å². The number of para-hydroxylation sites is 1. The standard InChI is InChI=1S/C19H16N2O4/c1-13-20-17(18(25-13)14-8-4-2-5-9-14)19(23)24-12-16(22)21-15-10-6-3-7-11-15/h2-11H,12H2,1H3,(H,21,22). The molecule has 0 aliphatic rings. The zero-order valence-corrected chi connectivity index (χ0v) is 13.6. The number of nitrogens with zero attached hydrogens (tertiary/aromatic N) is 1. The SMILES string of the molecule is Cc1nc(C(=O)OCC(=O)Nc2ccccc2)c(-c2ccccc2)o1. The molecule has 0 aliphatic carbocycles. The molecule has 0 radical (unpaired) electrons. The van der Waals surface area contributed by atoms with E-state index in [1.165, 1.54) is 0 Å². The molecule has 6 heteroatoms. The Labute approximate surface area is 144 Å². The summed E-state index contributed by atoms with van der Waals surface area (Å²) in [6.45, 7) is 1.24. The minimum atomic E-state index is -0.709. The van der Waals surface area contributed by atoms with E-state index < -0.39 is 18.5 Å². The Morgan fingerprint density at radius 2 is 1.68 bits per heavy atom. The molecule has 0 saturated heterocycles. The summed E-state index contributed by atoms with van der Waals surface area (Å²) < 4.78 is 10.6. The third-order valence-corrected chi connectivity index (χ3v) is 3.36. The molecule has 1 heterocycles. The minimum absolute atomic E-state index is 0.0520. The fraction of sp³-hybridized carbons (Fsp3) is 0.105. The highest BCUT2D eigenvalue weighted by Crippen LogP contribution is 2.25. The molecule has 3 rings (SSSR count). The van der Waals surface area contributed by atoms with Gasteiger partial charge in [-0.1, -0.05) is 48.5 Å². The molecular weight excluding hydrogens is 320 g/mol. The van der Waals surface area contributed by atoms with Gasteiger partial charge in [-0.15, -0.1) is 0 Å². The molecule has 25 heavy (non-hydrogen) atoms. The Hall–Kier alpha value is -3.41. The van der Waals surface area contributed by atoms with Gasteiger partial charge < -0.3 is 14.5 Å². The van der Waals surface area contributed by atoms with Crippen LogP contribution in [0.4, 0.5) is 5.69 Å². The van der Waals surface area contributed by atoms with Crippen molar-refractivity contribution >= 4 is 17.6 Å². The molecule has 0 atom stereocenters. The molecule has 2 aromatic carbocycles. The van der Waals surface area contributed by atoms with Gasteiger partial charge in [0.2, 0.25) is 0 Å². The highest BCUT2D eigenvalue weighted by atomic mass is 16.5. The fourth-order valence-corrected chi connectivity index (χ4v) is 2.27. The predicted molar refractivity (Wildman–Crippen MR) is 92.0 cm³/mol. The molecule has 1 N–H and O–H groups in total. The van der Waals surface area contributed by atoms with Crippen LogP contribution in [0.25, 0.3) is 11.3 Å². The van der Waals surface area contributed by atoms with Crippen molar-refractivity contribution in [3.63, 3.8) is 0 Å². The number of nitrogens with one attached hydrogen (secondary N) is 1. The molecule has 0 spiro atoms. The van der Waals surface area contributed by atoms with Crippen LogP contribution in [0.15, 0.2) is 65.1 Å². The third-order valence-electron chi connectivity index (χ3n) is 3.36. The number of oxazole rings is 1. The van der Waals surface area contributed by atoms with Gasteiger partial charge in [-0.05, 0) is 12.1 Å². The molecular formula is C19H16N2O4. The summed E-state index contributed by atoms with van der Waals surface area (Å²) in [4.78, 5) is 28.2. The van der Waals surface area contributed by atoms with E-state index in [9.17, 15) is 9.59 Å². The molecule has 0 bridgehead atoms. The Morgan fingerprint density at radius 3 is 2.36 bits per heavy atom. The minimum Gasteiger partial charge on any atom is -0.451 e. The van der Waals surface area contributed by atoms with Crippen molar-refractivity contribution in [2.75, 3.05) is 11.9 Å². The van der Waals surface area contributed by atoms with E-state index in [4.69, 9.17) is 9.15 Å². The summed E-state index contributed by atoms with van der Waals surface area (Å²) in [6, 6.07) is 18.1. The van der Waals surface area contributed by atoms with Gasteiger partial charge in [0.05, 0.1) is 0 Å². The average molecular weight is 336 g/mol. The fourth-order valence-electron chi connectivity index (χ4n) is 2.27. The van der Waals surface area contributed by atoms with Crippen molar-refractivity contribution in [2.45, 2.75) is 6.92 Å². The lowest BCUT2D eigenvalue weighted by atomic mass is 10.1. The predicted octanol–water partition coefficient (Wildman–Crippen LogP) is 3.45. The number of aryl methyl sites for hydroxylation is 1. The highest BCUT2D eigenvalue weighted by Gasteiger charge is 2.22. The normalized spacial score (nSPS) is 10.3. The lowest BCUT2D eigenvalue weighted by Crippen LogP contribution is -2.21. The maximum atomic E-state index is 12.3. The van der Waals surface area contributed by atoms with Crippen LogP contribution in [0.1, 0.15) is 16.4 Å². The van der Waals surface area contributed by atoms with E-state index in [1.54, 1.807) is 43.3 Å². The molecule has 1 aromatic heterocycles. The van der Waals surface area contributed by atoms with E-state index in [0.29, 0.717) is 22.9 Å². The summed E-state index contributed by atoms with van der Waals surface area (Å²) in [5.41, 5.74) is 1.39. The van der Waals surface area contributed by atoms with E-state index in [1.807, 2.05) is 24.3 Å². The van der Waals surface area contributed by atoms with Crippen LogP contribution in [-0.4, -0.2) is 23.5 Å². The Kier molecular flexibility index (Phi) is 4.89. The van der Waals surface area contributed by atoms with E-state index >= 15 is 0 Å². The van der Waals surface area contributed by atoms with Crippen LogP contribution >= 0.6 is 0 Å². The van der Waals surface area contributed by atoms with Crippen molar-refractivity contribution in [2.24, 2.45) is 0 Å². The van der Waals surface area contributed by atoms with E-state index in [-0.39, 0.29) is 5.69 Å². The molecule has 1 amide bonds. The largest absolute Gasteiger partial charge is 0.451 e. The zero-order chi connectivity index (χ0) is 17.6. The average Bonchev–Trinajstić information content (AvgIpc) is 3.03. The first-order valence-corrected chi connectivity index (χ1v) is 7.68. The van der Waals surface area contributed by atoms with Gasteiger partial charge in [-0.3, -0.25) is 4.79 Å². The quantitative estimate of drug-likeness (QED) is 0.722. The summed E-state index contributed by atoms with van der Waals surface area (Å²) in [6.07, 6.45) is 0. The maximum Gasteiger partial charge on any atom is 0.361 e. The maximum absolute atomic E-state index is 12.3. The van der Waals surface area contributed by atoms with Crippen LogP contribution in [0.5, 0.6) is 0 Å². The van der Waals surface area contributed by atoms with Crippen LogP contribution in [-0.2, 0) is 9.53 Å². The molecule has 0 unspecified atom stereocenters. The Bertz CT molecular complexity index is 873. The number of anilines is 1. The van der Waals surface area contributed by atoms with Crippen LogP contribution < -0.4 is 5.32 Å². The molecule has 0 aliphatic heterocycles. The first kappa shape index (κ1) is 16.4. The van der Waals surface area contributed by atoms with Crippen LogP contribution in [0, 0.1) is 6.92 Å². The highest BCUT2D eigenvalue weighted by molar-refractivity contribution is 5.97. The van der Waals surface area contributed by atoms with E-state index in [2.05, 4.69) is 10.3 Å². The smallest absolute Gasteiger partial charge is 0.361 e. The second-order valence-electron chi connectivity index (χ2n) is 5.27. The van der Waals surface area contributed by atoms with Gasteiger partial charge in [0.15, 0.2) is 24.0 Å². The molecule has 0 saturated carbocycles. The van der Waals surface area contributed by atoms with E-state index in [0.717, 1.165) is 0 Å². The first-order chi connectivity index (χ1) is 12.1. The number of carbonyl (C=O) groups excluding carboxylic acids is 2. The molecule has 6 nitrogen and oxygen atoms in total. The Morgan fingerprint density at radius 1 is 1.04 bits per heavy atom. The van der Waals surface area contributed by atoms with Crippen molar-refractivity contribution < 1.29 is 18.7 Å². The lowest BCUT2D eigenvalue weighted by molar-refractivity contribution is -0.119. The number of ether oxygens (including phenoxy) is 1. The molecule has 0 fully saturated rings. The van der Waals surface area contributed by atoms with Crippen molar-refractivity contribution in [3.05, 3.63) is 72.2 Å². The summed E-state index contributed by atoms with van der Waals surface area (Å²) >= 11 is 0. The number of aromatic nitrogens is 1. The van der Waals surface area contributed by atoms with Crippen LogP contribution in [0.2, 0.25) is 0 Å². The number of rotatable bonds is 5.